The highest BCUT2D eigenvalue weighted by atomic mass is 16.5. The number of carbonyl (C=O) groups is 1. The van der Waals surface area contributed by atoms with Crippen molar-refractivity contribution in [1.82, 2.24) is 15.3 Å². The Hall–Kier alpha value is -2.67. The van der Waals surface area contributed by atoms with Gasteiger partial charge in [0.05, 0.1) is 18.3 Å². The van der Waals surface area contributed by atoms with E-state index in [4.69, 9.17) is 10.5 Å². The van der Waals surface area contributed by atoms with E-state index in [0.29, 0.717) is 18.8 Å². The van der Waals surface area contributed by atoms with Gasteiger partial charge in [-0.1, -0.05) is 12.1 Å². The molecule has 2 saturated heterocycles. The van der Waals surface area contributed by atoms with Crippen LogP contribution in [-0.4, -0.2) is 48.2 Å². The first-order chi connectivity index (χ1) is 12.7. The zero-order valence-corrected chi connectivity index (χ0v) is 14.6. The zero-order chi connectivity index (χ0) is 17.9. The van der Waals surface area contributed by atoms with Crippen molar-refractivity contribution in [1.29, 1.82) is 0 Å². The minimum Gasteiger partial charge on any atom is -0.379 e. The summed E-state index contributed by atoms with van der Waals surface area (Å²) in [5.41, 5.74) is 8.13. The average Bonchev–Trinajstić information content (AvgIpc) is 3.35. The minimum absolute atomic E-state index is 0.0858. The highest BCUT2D eigenvalue weighted by Crippen LogP contribution is 2.25. The van der Waals surface area contributed by atoms with Crippen LogP contribution in [0.3, 0.4) is 0 Å². The second-order valence-corrected chi connectivity index (χ2v) is 6.78. The van der Waals surface area contributed by atoms with Crippen molar-refractivity contribution in [2.45, 2.75) is 25.3 Å². The summed E-state index contributed by atoms with van der Waals surface area (Å²) in [5.74, 6) is 1.01. The van der Waals surface area contributed by atoms with Gasteiger partial charge in [-0.15, -0.1) is 0 Å². The van der Waals surface area contributed by atoms with Gasteiger partial charge in [-0.05, 0) is 31.4 Å². The summed E-state index contributed by atoms with van der Waals surface area (Å²) >= 11 is 0. The molecule has 2 aliphatic heterocycles. The van der Waals surface area contributed by atoms with Crippen LogP contribution in [0.4, 0.5) is 11.8 Å². The first-order valence-electron chi connectivity index (χ1n) is 9.07. The monoisotopic (exact) mass is 353 g/mol. The highest BCUT2D eigenvalue weighted by molar-refractivity contribution is 5.95. The number of rotatable bonds is 4. The third-order valence-corrected chi connectivity index (χ3v) is 4.85. The Morgan fingerprint density at radius 1 is 1.23 bits per heavy atom. The molecule has 3 heterocycles. The van der Waals surface area contributed by atoms with Gasteiger partial charge in [0, 0.05) is 36.9 Å². The van der Waals surface area contributed by atoms with Crippen LogP contribution < -0.4 is 16.0 Å². The van der Waals surface area contributed by atoms with E-state index >= 15 is 0 Å². The molecule has 7 nitrogen and oxygen atoms in total. The number of amides is 1. The first-order valence-corrected chi connectivity index (χ1v) is 9.07. The first kappa shape index (κ1) is 16.8. The van der Waals surface area contributed by atoms with E-state index < -0.39 is 0 Å². The number of benzene rings is 1. The van der Waals surface area contributed by atoms with Crippen LogP contribution in [0.25, 0.3) is 11.3 Å². The third-order valence-electron chi connectivity index (χ3n) is 4.85. The third kappa shape index (κ3) is 3.62. The Bertz CT molecular complexity index is 798. The number of hydrogen-bond acceptors (Lipinski definition) is 6. The van der Waals surface area contributed by atoms with Crippen molar-refractivity contribution < 1.29 is 9.53 Å². The van der Waals surface area contributed by atoms with Gasteiger partial charge in [-0.25, -0.2) is 4.98 Å². The second kappa shape index (κ2) is 7.29. The Morgan fingerprint density at radius 2 is 2.08 bits per heavy atom. The van der Waals surface area contributed by atoms with Gasteiger partial charge in [-0.3, -0.25) is 4.79 Å². The number of aromatic nitrogens is 2. The summed E-state index contributed by atoms with van der Waals surface area (Å²) in [6, 6.07) is 9.49. The Labute approximate surface area is 152 Å². The average molecular weight is 353 g/mol. The lowest BCUT2D eigenvalue weighted by Crippen LogP contribution is -2.34. The van der Waals surface area contributed by atoms with E-state index in [-0.39, 0.29) is 17.9 Å². The smallest absolute Gasteiger partial charge is 0.251 e. The fraction of sp³-hybridized carbons (Fsp3) is 0.421. The van der Waals surface area contributed by atoms with Crippen LogP contribution in [-0.2, 0) is 4.74 Å². The van der Waals surface area contributed by atoms with Crippen molar-refractivity contribution in [3.05, 3.63) is 35.9 Å². The Morgan fingerprint density at radius 3 is 2.85 bits per heavy atom. The topological polar surface area (TPSA) is 93.4 Å². The van der Waals surface area contributed by atoms with Gasteiger partial charge in [0.25, 0.3) is 5.91 Å². The predicted octanol–water partition coefficient (Wildman–Crippen LogP) is 1.84. The molecule has 0 radical (unpaired) electrons. The van der Waals surface area contributed by atoms with E-state index in [9.17, 15) is 4.79 Å². The normalized spacial score (nSPS) is 19.7. The molecule has 26 heavy (non-hydrogen) atoms. The largest absolute Gasteiger partial charge is 0.379 e. The maximum absolute atomic E-state index is 12.5. The van der Waals surface area contributed by atoms with Crippen LogP contribution in [0.1, 0.15) is 29.6 Å². The molecular weight excluding hydrogens is 330 g/mol. The number of nitrogens with zero attached hydrogens (tertiary/aromatic N) is 3. The van der Waals surface area contributed by atoms with Gasteiger partial charge in [-0.2, -0.15) is 4.98 Å². The van der Waals surface area contributed by atoms with E-state index in [1.165, 1.54) is 12.8 Å². The number of anilines is 2. The maximum atomic E-state index is 12.5. The number of hydrogen-bond donors (Lipinski definition) is 2. The number of nitrogens with two attached hydrogens (primary N) is 1. The lowest BCUT2D eigenvalue weighted by Gasteiger charge is -2.17. The Balaban J connectivity index is 1.58. The van der Waals surface area contributed by atoms with E-state index in [2.05, 4.69) is 20.2 Å². The van der Waals surface area contributed by atoms with Crippen molar-refractivity contribution in [3.63, 3.8) is 0 Å². The minimum atomic E-state index is -0.0934. The summed E-state index contributed by atoms with van der Waals surface area (Å²) in [6.45, 7) is 3.25. The number of carbonyl (C=O) groups excluding carboxylic acids is 1. The lowest BCUT2D eigenvalue weighted by molar-refractivity contribution is 0.0930. The summed E-state index contributed by atoms with van der Waals surface area (Å²) < 4.78 is 5.31. The molecule has 2 fully saturated rings. The van der Waals surface area contributed by atoms with Crippen molar-refractivity contribution in [2.24, 2.45) is 0 Å². The van der Waals surface area contributed by atoms with Crippen LogP contribution in [0.15, 0.2) is 30.3 Å². The molecule has 1 aromatic carbocycles. The predicted molar refractivity (Wildman–Crippen MR) is 100 cm³/mol. The van der Waals surface area contributed by atoms with Crippen LogP contribution in [0.5, 0.6) is 0 Å². The SMILES string of the molecule is Nc1nc(-c2cccc(C(=O)N[C@@H]3CCOC3)c2)cc(N2CCCC2)n1. The molecule has 7 heteroatoms. The molecule has 0 spiro atoms. The molecule has 0 unspecified atom stereocenters. The van der Waals surface area contributed by atoms with Crippen molar-refractivity contribution in [3.8, 4) is 11.3 Å². The van der Waals surface area contributed by atoms with Crippen LogP contribution in [0.2, 0.25) is 0 Å². The molecule has 2 aliphatic rings. The molecule has 136 valence electrons. The van der Waals surface area contributed by atoms with Crippen LogP contribution >= 0.6 is 0 Å². The summed E-state index contributed by atoms with van der Waals surface area (Å²) in [5, 5.41) is 3.01. The van der Waals surface area contributed by atoms with E-state index in [1.54, 1.807) is 6.07 Å². The van der Waals surface area contributed by atoms with Gasteiger partial charge in [0.2, 0.25) is 5.95 Å². The summed E-state index contributed by atoms with van der Waals surface area (Å²) in [4.78, 5) is 23.4. The van der Waals surface area contributed by atoms with Crippen molar-refractivity contribution in [2.75, 3.05) is 36.9 Å². The number of nitrogen functional groups attached to an aromatic ring is 1. The molecule has 0 saturated carbocycles. The molecule has 3 N–H and O–H groups in total. The molecule has 1 aromatic heterocycles. The molecular formula is C19H23N5O2. The van der Waals surface area contributed by atoms with Gasteiger partial charge in [0.15, 0.2) is 0 Å². The van der Waals surface area contributed by atoms with E-state index in [0.717, 1.165) is 36.6 Å². The number of ether oxygens (including phenoxy) is 1. The van der Waals surface area contributed by atoms with Gasteiger partial charge >= 0.3 is 0 Å². The van der Waals surface area contributed by atoms with Crippen LogP contribution in [0, 0.1) is 0 Å². The van der Waals surface area contributed by atoms with Gasteiger partial charge < -0.3 is 20.7 Å². The fourth-order valence-corrected chi connectivity index (χ4v) is 3.45. The molecule has 1 amide bonds. The maximum Gasteiger partial charge on any atom is 0.251 e. The second-order valence-electron chi connectivity index (χ2n) is 6.78. The summed E-state index contributed by atoms with van der Waals surface area (Å²) in [6.07, 6.45) is 3.19. The molecule has 2 aromatic rings. The highest BCUT2D eigenvalue weighted by Gasteiger charge is 2.19. The zero-order valence-electron chi connectivity index (χ0n) is 14.6. The number of nitrogens with one attached hydrogen (secondary N) is 1. The molecule has 4 rings (SSSR count). The Kier molecular flexibility index (Phi) is 4.71. The van der Waals surface area contributed by atoms with E-state index in [1.807, 2.05) is 24.3 Å². The van der Waals surface area contributed by atoms with Crippen molar-refractivity contribution >= 4 is 17.7 Å². The lowest BCUT2D eigenvalue weighted by atomic mass is 10.1. The molecule has 0 aliphatic carbocycles. The molecule has 0 bridgehead atoms. The van der Waals surface area contributed by atoms with Gasteiger partial charge in [0.1, 0.15) is 5.82 Å². The quantitative estimate of drug-likeness (QED) is 0.871. The molecule has 1 atom stereocenters. The standard InChI is InChI=1S/C19H23N5O2/c20-19-22-16(11-17(23-19)24-7-1-2-8-24)13-4-3-5-14(10-13)18(25)21-15-6-9-26-12-15/h3-5,10-11,15H,1-2,6-9,12H2,(H,21,25)(H2,20,22,23)/t15-/m1/s1. The fourth-order valence-electron chi connectivity index (χ4n) is 3.45. The summed E-state index contributed by atoms with van der Waals surface area (Å²) in [7, 11) is 0.